The molecule has 1 N–H and O–H groups in total. The van der Waals surface area contributed by atoms with E-state index in [0.717, 1.165) is 19.0 Å². The highest BCUT2D eigenvalue weighted by molar-refractivity contribution is 5.80. The molecule has 0 aromatic heterocycles. The van der Waals surface area contributed by atoms with E-state index < -0.39 is 5.54 Å². The molecule has 1 saturated carbocycles. The van der Waals surface area contributed by atoms with Crippen molar-refractivity contribution in [2.45, 2.75) is 84.5 Å². The van der Waals surface area contributed by atoms with E-state index in [0.29, 0.717) is 12.6 Å². The van der Waals surface area contributed by atoms with Gasteiger partial charge in [-0.3, -0.25) is 15.0 Å². The fraction of sp³-hybridized carbons (Fsp3) is 0.938. The summed E-state index contributed by atoms with van der Waals surface area (Å²) < 4.78 is 5.28. The van der Waals surface area contributed by atoms with E-state index in [9.17, 15) is 4.79 Å². The molecule has 4 heteroatoms. The first-order valence-electron chi connectivity index (χ1n) is 8.04. The predicted octanol–water partition coefficient (Wildman–Crippen LogP) is 2.57. The normalized spacial score (nSPS) is 20.0. The van der Waals surface area contributed by atoms with Crippen LogP contribution in [0.25, 0.3) is 0 Å². The summed E-state index contributed by atoms with van der Waals surface area (Å²) >= 11 is 0. The molecule has 0 radical (unpaired) electrons. The number of esters is 1. The van der Waals surface area contributed by atoms with Crippen LogP contribution < -0.4 is 5.32 Å². The zero-order chi connectivity index (χ0) is 15.3. The Morgan fingerprint density at radius 2 is 1.95 bits per heavy atom. The van der Waals surface area contributed by atoms with Gasteiger partial charge in [-0.25, -0.2) is 0 Å². The van der Waals surface area contributed by atoms with E-state index in [-0.39, 0.29) is 12.0 Å². The Labute approximate surface area is 124 Å². The first kappa shape index (κ1) is 17.4. The summed E-state index contributed by atoms with van der Waals surface area (Å²) in [6.07, 6.45) is 3.38. The predicted molar refractivity (Wildman–Crippen MR) is 82.8 cm³/mol. The molecule has 0 heterocycles. The van der Waals surface area contributed by atoms with E-state index in [1.54, 1.807) is 0 Å². The molecular weight excluding hydrogens is 252 g/mol. The lowest BCUT2D eigenvalue weighted by Crippen LogP contribution is -2.56. The van der Waals surface area contributed by atoms with Crippen LogP contribution in [0.1, 0.15) is 60.8 Å². The van der Waals surface area contributed by atoms with Gasteiger partial charge in [0.15, 0.2) is 0 Å². The van der Waals surface area contributed by atoms with E-state index >= 15 is 0 Å². The van der Waals surface area contributed by atoms with Crippen LogP contribution in [0, 0.1) is 0 Å². The number of nitrogens with zero attached hydrogens (tertiary/aromatic N) is 1. The van der Waals surface area contributed by atoms with Crippen LogP contribution in [-0.2, 0) is 9.53 Å². The Morgan fingerprint density at radius 3 is 2.35 bits per heavy atom. The zero-order valence-electron chi connectivity index (χ0n) is 14.0. The maximum atomic E-state index is 12.3. The Morgan fingerprint density at radius 1 is 1.35 bits per heavy atom. The SMILES string of the molecule is CCOC(=O)C(C)(CC(C)N(CC)C1CC1)NC(C)C. The summed E-state index contributed by atoms with van der Waals surface area (Å²) in [5.41, 5.74) is -0.605. The second kappa shape index (κ2) is 7.41. The molecule has 0 saturated heterocycles. The van der Waals surface area contributed by atoms with E-state index in [1.807, 2.05) is 13.8 Å². The molecular formula is C16H32N2O2. The highest BCUT2D eigenvalue weighted by Gasteiger charge is 2.40. The van der Waals surface area contributed by atoms with Gasteiger partial charge < -0.3 is 4.74 Å². The topological polar surface area (TPSA) is 41.6 Å². The Hall–Kier alpha value is -0.610. The molecule has 2 unspecified atom stereocenters. The zero-order valence-corrected chi connectivity index (χ0v) is 14.0. The van der Waals surface area contributed by atoms with Crippen LogP contribution in [0.15, 0.2) is 0 Å². The Bertz CT molecular complexity index is 316. The quantitative estimate of drug-likeness (QED) is 0.661. The molecule has 4 nitrogen and oxygen atoms in total. The van der Waals surface area contributed by atoms with Gasteiger partial charge in [0.05, 0.1) is 6.61 Å². The Balaban J connectivity index is 2.74. The lowest BCUT2D eigenvalue weighted by atomic mass is 9.91. The minimum Gasteiger partial charge on any atom is -0.465 e. The molecule has 0 aromatic rings. The number of rotatable bonds is 9. The molecule has 0 bridgehead atoms. The average molecular weight is 284 g/mol. The third-order valence-corrected chi connectivity index (χ3v) is 3.98. The number of ether oxygens (including phenoxy) is 1. The fourth-order valence-corrected chi connectivity index (χ4v) is 3.17. The highest BCUT2D eigenvalue weighted by atomic mass is 16.5. The summed E-state index contributed by atoms with van der Waals surface area (Å²) in [4.78, 5) is 14.8. The molecule has 2 atom stereocenters. The standard InChI is InChI=1S/C16H32N2O2/c1-7-18(14-9-10-14)13(5)11-16(6,17-12(3)4)15(19)20-8-2/h12-14,17H,7-11H2,1-6H3. The van der Waals surface area contributed by atoms with Crippen molar-refractivity contribution >= 4 is 5.97 Å². The smallest absolute Gasteiger partial charge is 0.326 e. The first-order chi connectivity index (χ1) is 9.34. The summed E-state index contributed by atoms with van der Waals surface area (Å²) in [5.74, 6) is -0.132. The summed E-state index contributed by atoms with van der Waals surface area (Å²) in [6, 6.07) is 1.36. The van der Waals surface area contributed by atoms with Crippen LogP contribution in [-0.4, -0.2) is 47.7 Å². The third kappa shape index (κ3) is 4.74. The summed E-state index contributed by atoms with van der Waals surface area (Å²) in [7, 11) is 0. The van der Waals surface area contributed by atoms with Crippen molar-refractivity contribution in [1.82, 2.24) is 10.2 Å². The number of carbonyl (C=O) groups excluding carboxylic acids is 1. The van der Waals surface area contributed by atoms with Crippen molar-refractivity contribution in [2.75, 3.05) is 13.2 Å². The molecule has 1 aliphatic rings. The van der Waals surface area contributed by atoms with E-state index in [1.165, 1.54) is 12.8 Å². The van der Waals surface area contributed by atoms with Crippen LogP contribution in [0.5, 0.6) is 0 Å². The van der Waals surface area contributed by atoms with Crippen molar-refractivity contribution in [3.8, 4) is 0 Å². The number of hydrogen-bond acceptors (Lipinski definition) is 4. The van der Waals surface area contributed by atoms with Crippen LogP contribution in [0.4, 0.5) is 0 Å². The summed E-state index contributed by atoms with van der Waals surface area (Å²) in [5, 5.41) is 3.41. The van der Waals surface area contributed by atoms with Gasteiger partial charge in [0.1, 0.15) is 5.54 Å². The van der Waals surface area contributed by atoms with Gasteiger partial charge in [0, 0.05) is 18.1 Å². The maximum Gasteiger partial charge on any atom is 0.326 e. The minimum absolute atomic E-state index is 0.132. The number of hydrogen-bond donors (Lipinski definition) is 1. The molecule has 20 heavy (non-hydrogen) atoms. The first-order valence-corrected chi connectivity index (χ1v) is 8.04. The van der Waals surface area contributed by atoms with Gasteiger partial charge in [0.2, 0.25) is 0 Å². The average Bonchev–Trinajstić information content (AvgIpc) is 3.13. The lowest BCUT2D eigenvalue weighted by Gasteiger charge is -2.37. The monoisotopic (exact) mass is 284 g/mol. The Kier molecular flexibility index (Phi) is 6.46. The van der Waals surface area contributed by atoms with Gasteiger partial charge in [-0.1, -0.05) is 6.92 Å². The van der Waals surface area contributed by atoms with Gasteiger partial charge in [-0.05, 0) is 60.4 Å². The van der Waals surface area contributed by atoms with Gasteiger partial charge in [-0.2, -0.15) is 0 Å². The minimum atomic E-state index is -0.605. The van der Waals surface area contributed by atoms with Crippen molar-refractivity contribution < 1.29 is 9.53 Å². The van der Waals surface area contributed by atoms with Gasteiger partial charge in [0.25, 0.3) is 0 Å². The van der Waals surface area contributed by atoms with Crippen molar-refractivity contribution in [3.05, 3.63) is 0 Å². The van der Waals surface area contributed by atoms with E-state index in [2.05, 4.69) is 37.9 Å². The summed E-state index contributed by atoms with van der Waals surface area (Å²) in [6.45, 7) is 13.9. The molecule has 0 aliphatic heterocycles. The van der Waals surface area contributed by atoms with Crippen LogP contribution >= 0.6 is 0 Å². The van der Waals surface area contributed by atoms with Gasteiger partial charge in [-0.15, -0.1) is 0 Å². The second-order valence-electron chi connectivity index (χ2n) is 6.47. The molecule has 1 rings (SSSR count). The highest BCUT2D eigenvalue weighted by Crippen LogP contribution is 2.31. The number of carbonyl (C=O) groups is 1. The molecule has 0 aromatic carbocycles. The molecule has 1 fully saturated rings. The lowest BCUT2D eigenvalue weighted by molar-refractivity contribution is -0.151. The fourth-order valence-electron chi connectivity index (χ4n) is 3.17. The molecule has 0 spiro atoms. The van der Waals surface area contributed by atoms with E-state index in [4.69, 9.17) is 4.74 Å². The molecule has 118 valence electrons. The third-order valence-electron chi connectivity index (χ3n) is 3.98. The van der Waals surface area contributed by atoms with Crippen molar-refractivity contribution in [1.29, 1.82) is 0 Å². The van der Waals surface area contributed by atoms with Crippen molar-refractivity contribution in [3.63, 3.8) is 0 Å². The van der Waals surface area contributed by atoms with Crippen molar-refractivity contribution in [2.24, 2.45) is 0 Å². The van der Waals surface area contributed by atoms with Crippen LogP contribution in [0.3, 0.4) is 0 Å². The number of nitrogens with one attached hydrogen (secondary N) is 1. The largest absolute Gasteiger partial charge is 0.465 e. The maximum absolute atomic E-state index is 12.3. The molecule has 0 amide bonds. The van der Waals surface area contributed by atoms with Gasteiger partial charge >= 0.3 is 5.97 Å². The van der Waals surface area contributed by atoms with Crippen LogP contribution in [0.2, 0.25) is 0 Å². The second-order valence-corrected chi connectivity index (χ2v) is 6.47. The molecule has 1 aliphatic carbocycles.